The van der Waals surface area contributed by atoms with Gasteiger partial charge in [-0.1, -0.05) is 45.0 Å². The zero-order chi connectivity index (χ0) is 27.6. The molecule has 0 aliphatic heterocycles. The molecule has 0 unspecified atom stereocenters. The molecule has 1 heterocycles. The predicted octanol–water partition coefficient (Wildman–Crippen LogP) is 6.64. The average Bonchev–Trinajstić information content (AvgIpc) is 3.74. The summed E-state index contributed by atoms with van der Waals surface area (Å²) in [6.45, 7) is 8.42. The molecule has 0 radical (unpaired) electrons. The highest BCUT2D eigenvalue weighted by molar-refractivity contribution is 6.05. The van der Waals surface area contributed by atoms with E-state index in [9.17, 15) is 9.59 Å². The lowest BCUT2D eigenvalue weighted by Crippen LogP contribution is -2.25. The molecule has 198 valence electrons. The number of benzene rings is 3. The number of anilines is 3. The number of nitrogens with zero attached hydrogens (tertiary/aromatic N) is 2. The van der Waals surface area contributed by atoms with E-state index in [2.05, 4.69) is 41.7 Å². The van der Waals surface area contributed by atoms with Crippen molar-refractivity contribution in [3.63, 3.8) is 0 Å². The number of carbonyl (C=O) groups is 2. The number of nitrogens with one attached hydrogen (secondary N) is 3. The van der Waals surface area contributed by atoms with Crippen molar-refractivity contribution in [2.24, 2.45) is 0 Å². The van der Waals surface area contributed by atoms with Gasteiger partial charge in [-0.15, -0.1) is 0 Å². The van der Waals surface area contributed by atoms with Crippen molar-refractivity contribution >= 4 is 29.1 Å². The fourth-order valence-electron chi connectivity index (χ4n) is 4.26. The molecule has 39 heavy (non-hydrogen) atoms. The second-order valence-electron chi connectivity index (χ2n) is 11.0. The smallest absolute Gasteiger partial charge is 0.255 e. The molecule has 1 aromatic heterocycles. The molecule has 2 amide bonds. The Hall–Kier alpha value is -4.52. The van der Waals surface area contributed by atoms with E-state index in [0.29, 0.717) is 23.1 Å². The van der Waals surface area contributed by atoms with Gasteiger partial charge in [-0.25, -0.2) is 9.97 Å². The molecule has 7 heteroatoms. The van der Waals surface area contributed by atoms with Gasteiger partial charge in [-0.3, -0.25) is 9.59 Å². The van der Waals surface area contributed by atoms with Gasteiger partial charge < -0.3 is 16.0 Å². The van der Waals surface area contributed by atoms with E-state index >= 15 is 0 Å². The number of amides is 2. The Balaban J connectivity index is 1.30. The first-order valence-electron chi connectivity index (χ1n) is 13.2. The summed E-state index contributed by atoms with van der Waals surface area (Å²) >= 11 is 0. The van der Waals surface area contributed by atoms with Crippen molar-refractivity contribution in [3.8, 4) is 11.3 Å². The molecule has 5 rings (SSSR count). The molecule has 4 aromatic rings. The standard InChI is InChI=1S/C32H33N5O2/c1-20-26(6-5-7-27(20)36-30(39)21-8-12-23(13-9-21)32(2,3)4)28-18-19-33-31(37-28)35-25-14-10-22(11-15-25)29(38)34-24-16-17-24/h5-15,18-19,24H,16-17H2,1-4H3,(H,34,38)(H,36,39)(H,33,35,37). The minimum atomic E-state index is -0.157. The Morgan fingerprint density at radius 2 is 1.51 bits per heavy atom. The zero-order valence-electron chi connectivity index (χ0n) is 22.7. The van der Waals surface area contributed by atoms with Crippen molar-refractivity contribution in [1.82, 2.24) is 15.3 Å². The third-order valence-electron chi connectivity index (χ3n) is 6.84. The number of hydrogen-bond donors (Lipinski definition) is 3. The van der Waals surface area contributed by atoms with Crippen LogP contribution in [0.15, 0.2) is 79.0 Å². The summed E-state index contributed by atoms with van der Waals surface area (Å²) in [5, 5.41) is 9.25. The maximum Gasteiger partial charge on any atom is 0.255 e. The zero-order valence-corrected chi connectivity index (χ0v) is 22.7. The molecule has 1 saturated carbocycles. The van der Waals surface area contributed by atoms with Gasteiger partial charge in [-0.2, -0.15) is 0 Å². The first-order chi connectivity index (χ1) is 18.7. The number of carbonyl (C=O) groups excluding carboxylic acids is 2. The Bertz CT molecular complexity index is 1500. The highest BCUT2D eigenvalue weighted by Crippen LogP contribution is 2.29. The maximum absolute atomic E-state index is 13.0. The highest BCUT2D eigenvalue weighted by atomic mass is 16.2. The predicted molar refractivity (Wildman–Crippen MR) is 156 cm³/mol. The van der Waals surface area contributed by atoms with Crippen LogP contribution in [0, 0.1) is 6.92 Å². The first-order valence-corrected chi connectivity index (χ1v) is 13.2. The molecule has 3 aromatic carbocycles. The molecule has 0 atom stereocenters. The second kappa shape index (κ2) is 10.7. The summed E-state index contributed by atoms with van der Waals surface area (Å²) in [5.41, 5.74) is 6.49. The van der Waals surface area contributed by atoms with Crippen LogP contribution in [0.25, 0.3) is 11.3 Å². The van der Waals surface area contributed by atoms with Crippen LogP contribution in [0.1, 0.15) is 65.5 Å². The molecule has 0 saturated heterocycles. The number of hydrogen-bond acceptors (Lipinski definition) is 5. The van der Waals surface area contributed by atoms with Crippen molar-refractivity contribution in [2.75, 3.05) is 10.6 Å². The van der Waals surface area contributed by atoms with Gasteiger partial charge in [0.2, 0.25) is 5.95 Å². The van der Waals surface area contributed by atoms with Crippen LogP contribution in [0.4, 0.5) is 17.3 Å². The average molecular weight is 520 g/mol. The molecule has 1 fully saturated rings. The van der Waals surface area contributed by atoms with Gasteiger partial charge in [0.25, 0.3) is 11.8 Å². The molecular formula is C32H33N5O2. The lowest BCUT2D eigenvalue weighted by molar-refractivity contribution is 0.0950. The van der Waals surface area contributed by atoms with E-state index in [1.54, 1.807) is 18.3 Å². The van der Waals surface area contributed by atoms with E-state index in [1.165, 1.54) is 5.56 Å². The van der Waals surface area contributed by atoms with Crippen LogP contribution in [0.3, 0.4) is 0 Å². The number of rotatable bonds is 7. The summed E-state index contributed by atoms with van der Waals surface area (Å²) in [6, 6.07) is 22.9. The lowest BCUT2D eigenvalue weighted by atomic mass is 9.86. The second-order valence-corrected chi connectivity index (χ2v) is 11.0. The van der Waals surface area contributed by atoms with E-state index in [4.69, 9.17) is 4.98 Å². The van der Waals surface area contributed by atoms with Crippen LogP contribution < -0.4 is 16.0 Å². The summed E-state index contributed by atoms with van der Waals surface area (Å²) in [6.07, 6.45) is 3.81. The lowest BCUT2D eigenvalue weighted by Gasteiger charge is -2.19. The molecule has 0 bridgehead atoms. The van der Waals surface area contributed by atoms with Crippen molar-refractivity contribution < 1.29 is 9.59 Å². The summed E-state index contributed by atoms with van der Waals surface area (Å²) < 4.78 is 0. The molecule has 7 nitrogen and oxygen atoms in total. The SMILES string of the molecule is Cc1c(NC(=O)c2ccc(C(C)(C)C)cc2)cccc1-c1ccnc(Nc2ccc(C(=O)NC3CC3)cc2)n1. The minimum Gasteiger partial charge on any atom is -0.349 e. The van der Waals surface area contributed by atoms with E-state index < -0.39 is 0 Å². The normalized spacial score (nSPS) is 13.0. The van der Waals surface area contributed by atoms with Gasteiger partial charge >= 0.3 is 0 Å². The van der Waals surface area contributed by atoms with Crippen LogP contribution in [-0.2, 0) is 5.41 Å². The Kier molecular flexibility index (Phi) is 7.15. The highest BCUT2D eigenvalue weighted by Gasteiger charge is 2.23. The summed E-state index contributed by atoms with van der Waals surface area (Å²) in [7, 11) is 0. The molecule has 3 N–H and O–H groups in total. The van der Waals surface area contributed by atoms with Crippen LogP contribution in [0.5, 0.6) is 0 Å². The topological polar surface area (TPSA) is 96.0 Å². The van der Waals surface area contributed by atoms with Crippen LogP contribution in [-0.4, -0.2) is 27.8 Å². The van der Waals surface area contributed by atoms with Crippen LogP contribution in [0.2, 0.25) is 0 Å². The Labute approximate surface area is 229 Å². The van der Waals surface area contributed by atoms with Gasteiger partial charge in [-0.05, 0) is 84.8 Å². The third kappa shape index (κ3) is 6.32. The third-order valence-corrected chi connectivity index (χ3v) is 6.84. The fraction of sp³-hybridized carbons (Fsp3) is 0.250. The largest absolute Gasteiger partial charge is 0.349 e. The van der Waals surface area contributed by atoms with Gasteiger partial charge in [0.1, 0.15) is 0 Å². The Morgan fingerprint density at radius 1 is 0.846 bits per heavy atom. The number of aromatic nitrogens is 2. The van der Waals surface area contributed by atoms with E-state index in [1.807, 2.05) is 67.6 Å². The minimum absolute atomic E-state index is 0.0285. The fourth-order valence-corrected chi connectivity index (χ4v) is 4.26. The van der Waals surface area contributed by atoms with Crippen molar-refractivity contribution in [2.45, 2.75) is 52.0 Å². The molecule has 1 aliphatic carbocycles. The van der Waals surface area contributed by atoms with Crippen molar-refractivity contribution in [1.29, 1.82) is 0 Å². The van der Waals surface area contributed by atoms with Gasteiger partial charge in [0, 0.05) is 40.3 Å². The van der Waals surface area contributed by atoms with Gasteiger partial charge in [0.05, 0.1) is 5.69 Å². The maximum atomic E-state index is 13.0. The molecule has 1 aliphatic rings. The summed E-state index contributed by atoms with van der Waals surface area (Å²) in [4.78, 5) is 34.3. The van der Waals surface area contributed by atoms with E-state index in [0.717, 1.165) is 41.0 Å². The Morgan fingerprint density at radius 3 is 2.18 bits per heavy atom. The first kappa shape index (κ1) is 26.1. The molecule has 0 spiro atoms. The van der Waals surface area contributed by atoms with Crippen molar-refractivity contribution in [3.05, 3.63) is 101 Å². The quantitative estimate of drug-likeness (QED) is 0.254. The monoisotopic (exact) mass is 519 g/mol. The summed E-state index contributed by atoms with van der Waals surface area (Å²) in [5.74, 6) is 0.233. The van der Waals surface area contributed by atoms with Gasteiger partial charge in [0.15, 0.2) is 0 Å². The molecular weight excluding hydrogens is 486 g/mol. The van der Waals surface area contributed by atoms with E-state index in [-0.39, 0.29) is 17.2 Å². The van der Waals surface area contributed by atoms with Crippen LogP contribution >= 0.6 is 0 Å².